The monoisotopic (exact) mass is 341 g/mol. The second-order valence-corrected chi connectivity index (χ2v) is 6.18. The van der Waals surface area contributed by atoms with E-state index >= 15 is 0 Å². The van der Waals surface area contributed by atoms with Gasteiger partial charge in [0.25, 0.3) is 0 Å². The van der Waals surface area contributed by atoms with Gasteiger partial charge in [-0.3, -0.25) is 9.59 Å². The molecule has 0 unspecified atom stereocenters. The summed E-state index contributed by atoms with van der Waals surface area (Å²) in [6, 6.07) is 12.6. The molecule has 2 aromatic rings. The fourth-order valence-corrected chi connectivity index (χ4v) is 2.36. The molecule has 25 heavy (non-hydrogen) atoms. The lowest BCUT2D eigenvalue weighted by molar-refractivity contribution is -0.117. The van der Waals surface area contributed by atoms with Crippen molar-refractivity contribution in [3.63, 3.8) is 0 Å². The van der Waals surface area contributed by atoms with Crippen molar-refractivity contribution in [2.75, 3.05) is 16.0 Å². The number of carbonyl (C=O) groups excluding carboxylic acids is 2. The Morgan fingerprint density at radius 3 is 2.28 bits per heavy atom. The van der Waals surface area contributed by atoms with E-state index < -0.39 is 11.9 Å². The second-order valence-electron chi connectivity index (χ2n) is 6.18. The van der Waals surface area contributed by atoms with Crippen LogP contribution >= 0.6 is 0 Å². The van der Waals surface area contributed by atoms with E-state index in [0.717, 1.165) is 24.2 Å². The molecule has 0 heterocycles. The standard InChI is InChI=1S/C19H20FN3O2/c1-12(18(24)23-17-5-3-2-4-16(17)20)21-14-8-10-15(11-9-14)22-19(25)13-6-7-13/h2-5,8-13,21H,6-7H2,1H3,(H,22,25)(H,23,24)/t12-/m0/s1. The smallest absolute Gasteiger partial charge is 0.246 e. The van der Waals surface area contributed by atoms with Gasteiger partial charge in [0, 0.05) is 17.3 Å². The lowest BCUT2D eigenvalue weighted by Crippen LogP contribution is -2.32. The molecule has 1 atom stereocenters. The van der Waals surface area contributed by atoms with Crippen molar-refractivity contribution >= 4 is 28.9 Å². The molecule has 1 fully saturated rings. The molecule has 1 saturated carbocycles. The topological polar surface area (TPSA) is 70.2 Å². The van der Waals surface area contributed by atoms with Crippen LogP contribution in [0.1, 0.15) is 19.8 Å². The minimum Gasteiger partial charge on any atom is -0.374 e. The van der Waals surface area contributed by atoms with Crippen LogP contribution in [-0.2, 0) is 9.59 Å². The first kappa shape index (κ1) is 17.0. The third kappa shape index (κ3) is 4.56. The number of nitrogens with one attached hydrogen (secondary N) is 3. The molecule has 1 aliphatic carbocycles. The largest absolute Gasteiger partial charge is 0.374 e. The molecule has 3 rings (SSSR count). The van der Waals surface area contributed by atoms with Crippen LogP contribution in [0.4, 0.5) is 21.5 Å². The van der Waals surface area contributed by atoms with Crippen LogP contribution in [0.25, 0.3) is 0 Å². The first-order valence-corrected chi connectivity index (χ1v) is 8.26. The molecule has 0 saturated heterocycles. The molecule has 0 aliphatic heterocycles. The molecule has 0 aromatic heterocycles. The van der Waals surface area contributed by atoms with Gasteiger partial charge in [0.1, 0.15) is 11.9 Å². The first-order valence-electron chi connectivity index (χ1n) is 8.26. The maximum absolute atomic E-state index is 13.6. The number of anilines is 3. The van der Waals surface area contributed by atoms with Crippen molar-refractivity contribution in [2.24, 2.45) is 5.92 Å². The summed E-state index contributed by atoms with van der Waals surface area (Å²) in [5.41, 5.74) is 1.62. The van der Waals surface area contributed by atoms with Crippen molar-refractivity contribution in [2.45, 2.75) is 25.8 Å². The van der Waals surface area contributed by atoms with E-state index in [9.17, 15) is 14.0 Å². The van der Waals surface area contributed by atoms with Crippen molar-refractivity contribution in [3.8, 4) is 0 Å². The SMILES string of the molecule is C[C@H](Nc1ccc(NC(=O)C2CC2)cc1)C(=O)Nc1ccccc1F. The average molecular weight is 341 g/mol. The lowest BCUT2D eigenvalue weighted by Gasteiger charge is -2.16. The van der Waals surface area contributed by atoms with Crippen LogP contribution in [0.5, 0.6) is 0 Å². The Balaban J connectivity index is 1.54. The molecule has 0 radical (unpaired) electrons. The molecule has 6 heteroatoms. The first-order chi connectivity index (χ1) is 12.0. The van der Waals surface area contributed by atoms with E-state index in [1.54, 1.807) is 43.3 Å². The van der Waals surface area contributed by atoms with Crippen molar-refractivity contribution < 1.29 is 14.0 Å². The molecule has 5 nitrogen and oxygen atoms in total. The predicted octanol–water partition coefficient (Wildman–Crippen LogP) is 3.61. The number of amides is 2. The summed E-state index contributed by atoms with van der Waals surface area (Å²) in [7, 11) is 0. The van der Waals surface area contributed by atoms with Gasteiger partial charge in [-0.05, 0) is 56.2 Å². The van der Waals surface area contributed by atoms with E-state index in [-0.39, 0.29) is 23.4 Å². The van der Waals surface area contributed by atoms with E-state index in [1.807, 2.05) is 0 Å². The van der Waals surface area contributed by atoms with Crippen LogP contribution in [0.15, 0.2) is 48.5 Å². The average Bonchev–Trinajstić information content (AvgIpc) is 3.43. The Bertz CT molecular complexity index is 772. The molecular formula is C19H20FN3O2. The van der Waals surface area contributed by atoms with Crippen molar-refractivity contribution in [3.05, 3.63) is 54.3 Å². The van der Waals surface area contributed by atoms with Crippen LogP contribution in [0.3, 0.4) is 0 Å². The third-order valence-corrected chi connectivity index (χ3v) is 4.01. The molecule has 0 bridgehead atoms. The summed E-state index contributed by atoms with van der Waals surface area (Å²) < 4.78 is 13.6. The fraction of sp³-hybridized carbons (Fsp3) is 0.263. The highest BCUT2D eigenvalue weighted by molar-refractivity contribution is 5.96. The molecular weight excluding hydrogens is 321 g/mol. The zero-order valence-electron chi connectivity index (χ0n) is 13.9. The van der Waals surface area contributed by atoms with E-state index in [1.165, 1.54) is 12.1 Å². The molecule has 2 aromatic carbocycles. The molecule has 3 N–H and O–H groups in total. The lowest BCUT2D eigenvalue weighted by atomic mass is 10.2. The van der Waals surface area contributed by atoms with Gasteiger partial charge < -0.3 is 16.0 Å². The Morgan fingerprint density at radius 2 is 1.64 bits per heavy atom. The van der Waals surface area contributed by atoms with Crippen molar-refractivity contribution in [1.82, 2.24) is 0 Å². The van der Waals surface area contributed by atoms with Crippen LogP contribution < -0.4 is 16.0 Å². The maximum atomic E-state index is 13.6. The summed E-state index contributed by atoms with van der Waals surface area (Å²) in [6.45, 7) is 1.69. The zero-order valence-corrected chi connectivity index (χ0v) is 13.9. The number of hydrogen-bond donors (Lipinski definition) is 3. The zero-order chi connectivity index (χ0) is 17.8. The number of carbonyl (C=O) groups is 2. The summed E-state index contributed by atoms with van der Waals surface area (Å²) in [6.07, 6.45) is 1.92. The van der Waals surface area contributed by atoms with E-state index in [0.29, 0.717) is 0 Å². The van der Waals surface area contributed by atoms with Crippen molar-refractivity contribution in [1.29, 1.82) is 0 Å². The number of halogens is 1. The Morgan fingerprint density at radius 1 is 1.00 bits per heavy atom. The van der Waals surface area contributed by atoms with E-state index in [2.05, 4.69) is 16.0 Å². The van der Waals surface area contributed by atoms with Crippen LogP contribution in [0.2, 0.25) is 0 Å². The summed E-state index contributed by atoms with van der Waals surface area (Å²) in [5, 5.41) is 8.46. The number of benzene rings is 2. The van der Waals surface area contributed by atoms with E-state index in [4.69, 9.17) is 0 Å². The molecule has 130 valence electrons. The van der Waals surface area contributed by atoms with Gasteiger partial charge in [0.15, 0.2) is 0 Å². The number of hydrogen-bond acceptors (Lipinski definition) is 3. The highest BCUT2D eigenvalue weighted by Crippen LogP contribution is 2.30. The minimum absolute atomic E-state index is 0.0540. The number of rotatable bonds is 6. The Kier molecular flexibility index (Phi) is 4.97. The third-order valence-electron chi connectivity index (χ3n) is 4.01. The minimum atomic E-state index is -0.550. The normalized spacial score (nSPS) is 14.5. The molecule has 2 amide bonds. The molecule has 1 aliphatic rings. The van der Waals surface area contributed by atoms with Gasteiger partial charge >= 0.3 is 0 Å². The fourth-order valence-electron chi connectivity index (χ4n) is 2.36. The van der Waals surface area contributed by atoms with Gasteiger partial charge in [-0.2, -0.15) is 0 Å². The summed E-state index contributed by atoms with van der Waals surface area (Å²) in [4.78, 5) is 23.9. The van der Waals surface area contributed by atoms with Gasteiger partial charge in [-0.15, -0.1) is 0 Å². The van der Waals surface area contributed by atoms with Crippen LogP contribution in [-0.4, -0.2) is 17.9 Å². The summed E-state index contributed by atoms with van der Waals surface area (Å²) >= 11 is 0. The van der Waals surface area contributed by atoms with Gasteiger partial charge in [0.2, 0.25) is 11.8 Å². The maximum Gasteiger partial charge on any atom is 0.246 e. The number of para-hydroxylation sites is 1. The highest BCUT2D eigenvalue weighted by Gasteiger charge is 2.29. The quantitative estimate of drug-likeness (QED) is 0.752. The second kappa shape index (κ2) is 7.34. The van der Waals surface area contributed by atoms with Gasteiger partial charge in [-0.1, -0.05) is 12.1 Å². The highest BCUT2D eigenvalue weighted by atomic mass is 19.1. The molecule has 0 spiro atoms. The van der Waals surface area contributed by atoms with Gasteiger partial charge in [0.05, 0.1) is 5.69 Å². The van der Waals surface area contributed by atoms with Crippen LogP contribution in [0, 0.1) is 11.7 Å². The van der Waals surface area contributed by atoms with Gasteiger partial charge in [-0.25, -0.2) is 4.39 Å². The Labute approximate surface area is 145 Å². The predicted molar refractivity (Wildman–Crippen MR) is 95.9 cm³/mol. The Hall–Kier alpha value is -2.89. The summed E-state index contributed by atoms with van der Waals surface area (Å²) in [5.74, 6) is -0.603.